The lowest BCUT2D eigenvalue weighted by molar-refractivity contribution is -0.125. The van der Waals surface area contributed by atoms with Crippen LogP contribution in [0.2, 0.25) is 0 Å². The molecule has 0 radical (unpaired) electrons. The second kappa shape index (κ2) is 7.73. The van der Waals surface area contributed by atoms with Crippen molar-refractivity contribution in [2.75, 3.05) is 44.8 Å². The Morgan fingerprint density at radius 2 is 2.25 bits per heavy atom. The highest BCUT2D eigenvalue weighted by atomic mass is 16.2. The number of nitrogen functional groups attached to an aromatic ring is 1. The molecule has 1 saturated heterocycles. The van der Waals surface area contributed by atoms with Gasteiger partial charge in [-0.3, -0.25) is 9.59 Å². The summed E-state index contributed by atoms with van der Waals surface area (Å²) in [5.74, 6) is -0.315. The van der Waals surface area contributed by atoms with Crippen molar-refractivity contribution in [3.63, 3.8) is 0 Å². The van der Waals surface area contributed by atoms with E-state index in [1.54, 1.807) is 11.0 Å². The van der Waals surface area contributed by atoms with Crippen molar-refractivity contribution in [1.82, 2.24) is 19.8 Å². The van der Waals surface area contributed by atoms with Crippen LogP contribution in [-0.4, -0.2) is 71.4 Å². The Bertz CT molecular complexity index is 645. The quantitative estimate of drug-likeness (QED) is 0.586. The highest BCUT2D eigenvalue weighted by molar-refractivity contribution is 5.96. The number of amides is 2. The van der Waals surface area contributed by atoms with Crippen LogP contribution in [0.5, 0.6) is 0 Å². The number of anilines is 2. The predicted octanol–water partition coefficient (Wildman–Crippen LogP) is -0.712. The van der Waals surface area contributed by atoms with Gasteiger partial charge < -0.3 is 26.6 Å². The molecule has 1 aliphatic heterocycles. The van der Waals surface area contributed by atoms with E-state index in [1.165, 1.54) is 6.20 Å². The van der Waals surface area contributed by atoms with Gasteiger partial charge in [-0.15, -0.1) is 0 Å². The number of hydrogen-bond acceptors (Lipinski definition) is 7. The maximum atomic E-state index is 12.1. The van der Waals surface area contributed by atoms with E-state index in [9.17, 15) is 9.59 Å². The third-order valence-electron chi connectivity index (χ3n) is 3.65. The maximum absolute atomic E-state index is 12.1. The normalized spacial score (nSPS) is 17.6. The first-order valence-electron chi connectivity index (χ1n) is 7.66. The van der Waals surface area contributed by atoms with Crippen LogP contribution >= 0.6 is 0 Å². The molecule has 0 aliphatic carbocycles. The number of rotatable bonds is 6. The molecule has 24 heavy (non-hydrogen) atoms. The Morgan fingerprint density at radius 1 is 1.50 bits per heavy atom. The lowest BCUT2D eigenvalue weighted by Gasteiger charge is -2.16. The summed E-state index contributed by atoms with van der Waals surface area (Å²) < 4.78 is 0. The van der Waals surface area contributed by atoms with Gasteiger partial charge in [0.15, 0.2) is 0 Å². The molecule has 9 nitrogen and oxygen atoms in total. The Hall–Kier alpha value is -2.68. The molecule has 5 N–H and O–H groups in total. The van der Waals surface area contributed by atoms with E-state index < -0.39 is 5.91 Å². The van der Waals surface area contributed by atoms with Gasteiger partial charge in [-0.05, 0) is 20.5 Å². The van der Waals surface area contributed by atoms with E-state index in [4.69, 9.17) is 11.5 Å². The van der Waals surface area contributed by atoms with E-state index in [2.05, 4.69) is 15.3 Å². The van der Waals surface area contributed by atoms with Crippen molar-refractivity contribution in [3.8, 4) is 0 Å². The van der Waals surface area contributed by atoms with Crippen molar-refractivity contribution in [1.29, 1.82) is 0 Å². The van der Waals surface area contributed by atoms with Crippen LogP contribution in [-0.2, 0) is 4.79 Å². The Labute approximate surface area is 140 Å². The highest BCUT2D eigenvalue weighted by Gasteiger charge is 2.25. The largest absolute Gasteiger partial charge is 0.383 e. The number of likely N-dealkylation sites (tertiary alicyclic amines) is 1. The van der Waals surface area contributed by atoms with E-state index in [0.717, 1.165) is 13.0 Å². The monoisotopic (exact) mass is 333 g/mol. The first kappa shape index (κ1) is 17.7. The highest BCUT2D eigenvalue weighted by Crippen LogP contribution is 2.15. The van der Waals surface area contributed by atoms with E-state index in [0.29, 0.717) is 19.0 Å². The molecule has 2 rings (SSSR count). The Balaban J connectivity index is 1.90. The first-order chi connectivity index (χ1) is 11.4. The fraction of sp³-hybridized carbons (Fsp3) is 0.467. The van der Waals surface area contributed by atoms with Gasteiger partial charge in [-0.25, -0.2) is 4.98 Å². The number of nitrogens with two attached hydrogens (primary N) is 2. The van der Waals surface area contributed by atoms with Gasteiger partial charge in [0.25, 0.3) is 5.91 Å². The number of aromatic nitrogens is 2. The number of nitrogens with zero attached hydrogens (tertiary/aromatic N) is 4. The first-order valence-corrected chi connectivity index (χ1v) is 7.66. The fourth-order valence-electron chi connectivity index (χ4n) is 2.38. The molecule has 1 aromatic heterocycles. The van der Waals surface area contributed by atoms with E-state index in [1.807, 2.05) is 25.1 Å². The zero-order valence-corrected chi connectivity index (χ0v) is 13.9. The van der Waals surface area contributed by atoms with Crippen LogP contribution in [0.3, 0.4) is 0 Å². The van der Waals surface area contributed by atoms with Crippen molar-refractivity contribution in [3.05, 3.63) is 23.9 Å². The van der Waals surface area contributed by atoms with E-state index >= 15 is 0 Å². The number of hydrogen-bond donors (Lipinski definition) is 3. The van der Waals surface area contributed by atoms with Gasteiger partial charge in [-0.1, -0.05) is 6.08 Å². The minimum atomic E-state index is -0.666. The Kier molecular flexibility index (Phi) is 5.69. The summed E-state index contributed by atoms with van der Waals surface area (Å²) in [6, 6.07) is 0.0371. The van der Waals surface area contributed by atoms with Gasteiger partial charge in [0.2, 0.25) is 11.9 Å². The molecule has 1 aromatic rings. The number of primary amides is 1. The molecule has 0 aromatic carbocycles. The van der Waals surface area contributed by atoms with Crippen LogP contribution in [0, 0.1) is 0 Å². The van der Waals surface area contributed by atoms with Crippen molar-refractivity contribution in [2.24, 2.45) is 5.73 Å². The van der Waals surface area contributed by atoms with Crippen LogP contribution < -0.4 is 16.8 Å². The van der Waals surface area contributed by atoms with Gasteiger partial charge >= 0.3 is 0 Å². The third-order valence-corrected chi connectivity index (χ3v) is 3.65. The summed E-state index contributed by atoms with van der Waals surface area (Å²) in [5, 5.41) is 3.13. The number of carbonyl (C=O) groups excluding carboxylic acids is 2. The average molecular weight is 333 g/mol. The zero-order chi connectivity index (χ0) is 17.7. The summed E-state index contributed by atoms with van der Waals surface area (Å²) in [6.45, 7) is 1.95. The molecular formula is C15H23N7O2. The summed E-state index contributed by atoms with van der Waals surface area (Å²) in [4.78, 5) is 35.0. The maximum Gasteiger partial charge on any atom is 0.254 e. The molecule has 0 bridgehead atoms. The minimum absolute atomic E-state index is 0.00865. The number of nitrogens with one attached hydrogen (secondary N) is 1. The van der Waals surface area contributed by atoms with E-state index in [-0.39, 0.29) is 23.3 Å². The van der Waals surface area contributed by atoms with Crippen molar-refractivity contribution in [2.45, 2.75) is 12.5 Å². The SMILES string of the molecule is CN(C)CC=CC(=O)N1CCC(Nc2ncc(C(N)=O)c(N)n2)C1. The average Bonchev–Trinajstić information content (AvgIpc) is 2.95. The minimum Gasteiger partial charge on any atom is -0.383 e. The molecule has 130 valence electrons. The predicted molar refractivity (Wildman–Crippen MR) is 91.3 cm³/mol. The molecule has 1 unspecified atom stereocenters. The van der Waals surface area contributed by atoms with Crippen molar-refractivity contribution < 1.29 is 9.59 Å². The molecule has 1 atom stereocenters. The summed E-state index contributed by atoms with van der Waals surface area (Å²) >= 11 is 0. The van der Waals surface area contributed by atoms with Gasteiger partial charge in [0, 0.05) is 37.9 Å². The third kappa shape index (κ3) is 4.66. The molecule has 9 heteroatoms. The smallest absolute Gasteiger partial charge is 0.254 e. The molecule has 0 spiro atoms. The molecule has 1 aliphatic rings. The lowest BCUT2D eigenvalue weighted by Crippen LogP contribution is -2.31. The molecular weight excluding hydrogens is 310 g/mol. The van der Waals surface area contributed by atoms with Crippen molar-refractivity contribution >= 4 is 23.6 Å². The second-order valence-electron chi connectivity index (χ2n) is 5.94. The number of carbonyl (C=O) groups is 2. The second-order valence-corrected chi connectivity index (χ2v) is 5.94. The van der Waals surface area contributed by atoms with Crippen LogP contribution in [0.15, 0.2) is 18.3 Å². The summed E-state index contributed by atoms with van der Waals surface area (Å²) in [7, 11) is 3.89. The van der Waals surface area contributed by atoms with Gasteiger partial charge in [0.1, 0.15) is 5.82 Å². The molecule has 1 fully saturated rings. The van der Waals surface area contributed by atoms with Crippen LogP contribution in [0.25, 0.3) is 0 Å². The summed E-state index contributed by atoms with van der Waals surface area (Å²) in [5.41, 5.74) is 10.9. The summed E-state index contributed by atoms with van der Waals surface area (Å²) in [6.07, 6.45) is 5.52. The van der Waals surface area contributed by atoms with Crippen LogP contribution in [0.1, 0.15) is 16.8 Å². The van der Waals surface area contributed by atoms with Crippen LogP contribution in [0.4, 0.5) is 11.8 Å². The standard InChI is InChI=1S/C15H23N7O2/c1-21(2)6-3-4-12(23)22-7-5-10(9-22)19-15-18-8-11(14(17)24)13(16)20-15/h3-4,8,10H,5-7,9H2,1-2H3,(H2,17,24)(H3,16,18,19,20). The fourth-order valence-corrected chi connectivity index (χ4v) is 2.38. The molecule has 2 heterocycles. The lowest BCUT2D eigenvalue weighted by atomic mass is 10.2. The number of likely N-dealkylation sites (N-methyl/N-ethyl adjacent to an activating group) is 1. The topological polar surface area (TPSA) is 130 Å². The van der Waals surface area contributed by atoms with Gasteiger partial charge in [-0.2, -0.15) is 4.98 Å². The zero-order valence-electron chi connectivity index (χ0n) is 13.9. The molecule has 0 saturated carbocycles. The Morgan fingerprint density at radius 3 is 2.88 bits per heavy atom. The molecule has 2 amide bonds. The van der Waals surface area contributed by atoms with Gasteiger partial charge in [0.05, 0.1) is 5.56 Å².